The molecule has 1 aliphatic rings. The van der Waals surface area contributed by atoms with Crippen molar-refractivity contribution in [3.8, 4) is 0 Å². The van der Waals surface area contributed by atoms with Crippen molar-refractivity contribution in [2.45, 2.75) is 23.1 Å². The first kappa shape index (κ1) is 10.4. The lowest BCUT2D eigenvalue weighted by Gasteiger charge is -2.17. The Labute approximate surface area is 86.2 Å². The Morgan fingerprint density at radius 3 is 2.58 bits per heavy atom. The zero-order valence-corrected chi connectivity index (χ0v) is 9.16. The van der Waals surface area contributed by atoms with Crippen molar-refractivity contribution in [1.29, 1.82) is 0 Å². The van der Waals surface area contributed by atoms with E-state index in [1.807, 2.05) is 0 Å². The van der Waals surface area contributed by atoms with Crippen LogP contribution in [0.4, 0.5) is 0 Å². The number of cyclic esters (lactones) is 1. The molecule has 1 fully saturated rings. The minimum Gasteiger partial charge on any atom is -0.456 e. The first-order valence-corrected chi connectivity index (χ1v) is 5.38. The standard InChI is InChI=1S/C6H8Br2O4/c7-1-2(9)5-4(10)3(8)6(11)12-5/h2-5,9-10H,1H2/t2-,3-,4-,5+/m1/s1. The molecule has 6 heteroatoms. The first-order valence-electron chi connectivity index (χ1n) is 3.34. The van der Waals surface area contributed by atoms with Crippen molar-refractivity contribution in [3.05, 3.63) is 0 Å². The Morgan fingerprint density at radius 2 is 2.25 bits per heavy atom. The number of hydrogen-bond acceptors (Lipinski definition) is 4. The lowest BCUT2D eigenvalue weighted by molar-refractivity contribution is -0.145. The molecule has 0 radical (unpaired) electrons. The largest absolute Gasteiger partial charge is 0.456 e. The normalized spacial score (nSPS) is 38.0. The average Bonchev–Trinajstić information content (AvgIpc) is 2.32. The van der Waals surface area contributed by atoms with Gasteiger partial charge in [-0.2, -0.15) is 0 Å². The third-order valence-electron chi connectivity index (χ3n) is 1.65. The van der Waals surface area contributed by atoms with Crippen LogP contribution in [0.25, 0.3) is 0 Å². The Balaban J connectivity index is 2.64. The Bertz CT molecular complexity index is 186. The molecule has 70 valence electrons. The highest BCUT2D eigenvalue weighted by Gasteiger charge is 2.45. The molecular formula is C6H8Br2O4. The summed E-state index contributed by atoms with van der Waals surface area (Å²) in [6, 6.07) is 0. The quantitative estimate of drug-likeness (QED) is 0.547. The van der Waals surface area contributed by atoms with Gasteiger partial charge in [0, 0.05) is 5.33 Å². The summed E-state index contributed by atoms with van der Waals surface area (Å²) >= 11 is 5.98. The van der Waals surface area contributed by atoms with Crippen molar-refractivity contribution < 1.29 is 19.7 Å². The van der Waals surface area contributed by atoms with Crippen LogP contribution in [0.1, 0.15) is 0 Å². The lowest BCUT2D eigenvalue weighted by atomic mass is 10.1. The van der Waals surface area contributed by atoms with Gasteiger partial charge in [-0.1, -0.05) is 31.9 Å². The number of ether oxygens (including phenoxy) is 1. The van der Waals surface area contributed by atoms with Gasteiger partial charge in [0.05, 0.1) is 0 Å². The molecule has 1 rings (SSSR count). The fourth-order valence-electron chi connectivity index (χ4n) is 0.969. The molecule has 0 saturated carbocycles. The summed E-state index contributed by atoms with van der Waals surface area (Å²) in [7, 11) is 0. The van der Waals surface area contributed by atoms with Crippen molar-refractivity contribution >= 4 is 37.8 Å². The third kappa shape index (κ3) is 1.81. The highest BCUT2D eigenvalue weighted by molar-refractivity contribution is 9.10. The predicted octanol–water partition coefficient (Wildman–Crippen LogP) is -0.208. The number of carbonyl (C=O) groups excluding carboxylic acids is 1. The predicted molar refractivity (Wildman–Crippen MR) is 48.4 cm³/mol. The molecule has 0 unspecified atom stereocenters. The van der Waals surface area contributed by atoms with E-state index in [9.17, 15) is 15.0 Å². The molecule has 1 heterocycles. The van der Waals surface area contributed by atoms with Crippen LogP contribution in [0.15, 0.2) is 0 Å². The van der Waals surface area contributed by atoms with Gasteiger partial charge in [0.1, 0.15) is 17.0 Å². The number of hydrogen-bond donors (Lipinski definition) is 2. The van der Waals surface area contributed by atoms with Crippen molar-refractivity contribution in [3.63, 3.8) is 0 Å². The number of aliphatic hydroxyl groups excluding tert-OH is 2. The molecule has 0 aromatic heterocycles. The van der Waals surface area contributed by atoms with E-state index in [4.69, 9.17) is 4.74 Å². The van der Waals surface area contributed by atoms with Crippen LogP contribution >= 0.6 is 31.9 Å². The van der Waals surface area contributed by atoms with E-state index in [0.29, 0.717) is 0 Å². The molecule has 1 aliphatic heterocycles. The van der Waals surface area contributed by atoms with E-state index in [2.05, 4.69) is 31.9 Å². The summed E-state index contributed by atoms with van der Waals surface area (Å²) in [5, 5.41) is 18.9. The molecule has 12 heavy (non-hydrogen) atoms. The SMILES string of the molecule is O=C1O[C@@H]([C@H](O)CBr)[C@H](O)[C@H]1Br. The summed E-state index contributed by atoms with van der Waals surface area (Å²) in [6.07, 6.45) is -2.68. The summed E-state index contributed by atoms with van der Waals surface area (Å²) in [4.78, 5) is 10.1. The number of aliphatic hydroxyl groups is 2. The summed E-state index contributed by atoms with van der Waals surface area (Å²) in [5.41, 5.74) is 0. The number of alkyl halides is 2. The Kier molecular flexibility index (Phi) is 3.51. The first-order chi connectivity index (χ1) is 5.57. The summed E-state index contributed by atoms with van der Waals surface area (Å²) in [6.45, 7) is 0. The zero-order chi connectivity index (χ0) is 9.30. The molecule has 0 amide bonds. The maximum atomic E-state index is 10.9. The second kappa shape index (κ2) is 4.04. The van der Waals surface area contributed by atoms with Gasteiger partial charge in [0.25, 0.3) is 0 Å². The van der Waals surface area contributed by atoms with E-state index in [-0.39, 0.29) is 5.33 Å². The Hall–Kier alpha value is 0.350. The van der Waals surface area contributed by atoms with Crippen LogP contribution in [0.5, 0.6) is 0 Å². The second-order valence-electron chi connectivity index (χ2n) is 2.52. The fraction of sp³-hybridized carbons (Fsp3) is 0.833. The van der Waals surface area contributed by atoms with Gasteiger partial charge < -0.3 is 14.9 Å². The molecule has 0 aliphatic carbocycles. The average molecular weight is 304 g/mol. The molecule has 0 aromatic carbocycles. The van der Waals surface area contributed by atoms with Crippen molar-refractivity contribution in [2.24, 2.45) is 0 Å². The van der Waals surface area contributed by atoms with E-state index in [1.165, 1.54) is 0 Å². The monoisotopic (exact) mass is 302 g/mol. The van der Waals surface area contributed by atoms with Gasteiger partial charge in [-0.05, 0) is 0 Å². The lowest BCUT2D eigenvalue weighted by Crippen LogP contribution is -2.37. The zero-order valence-electron chi connectivity index (χ0n) is 5.98. The topological polar surface area (TPSA) is 66.8 Å². The third-order valence-corrected chi connectivity index (χ3v) is 3.23. The molecule has 0 bridgehead atoms. The number of halogens is 2. The number of esters is 1. The smallest absolute Gasteiger partial charge is 0.323 e. The van der Waals surface area contributed by atoms with Crippen molar-refractivity contribution in [1.82, 2.24) is 0 Å². The van der Waals surface area contributed by atoms with Gasteiger partial charge in [0.2, 0.25) is 0 Å². The van der Waals surface area contributed by atoms with Crippen LogP contribution in [0, 0.1) is 0 Å². The van der Waals surface area contributed by atoms with E-state index >= 15 is 0 Å². The Morgan fingerprint density at radius 1 is 1.67 bits per heavy atom. The van der Waals surface area contributed by atoms with Crippen LogP contribution in [-0.4, -0.2) is 44.7 Å². The molecule has 4 nitrogen and oxygen atoms in total. The van der Waals surface area contributed by atoms with Gasteiger partial charge in [-0.15, -0.1) is 0 Å². The molecule has 0 spiro atoms. The molecule has 0 aromatic rings. The van der Waals surface area contributed by atoms with E-state index in [0.717, 1.165) is 0 Å². The van der Waals surface area contributed by atoms with E-state index in [1.54, 1.807) is 0 Å². The van der Waals surface area contributed by atoms with Crippen LogP contribution < -0.4 is 0 Å². The minimum absolute atomic E-state index is 0.266. The highest BCUT2D eigenvalue weighted by atomic mass is 79.9. The van der Waals surface area contributed by atoms with Crippen LogP contribution in [-0.2, 0) is 9.53 Å². The van der Waals surface area contributed by atoms with Gasteiger partial charge in [-0.25, -0.2) is 0 Å². The fourth-order valence-corrected chi connectivity index (χ4v) is 1.75. The molecule has 1 saturated heterocycles. The van der Waals surface area contributed by atoms with Crippen LogP contribution in [0.3, 0.4) is 0 Å². The molecular weight excluding hydrogens is 296 g/mol. The second-order valence-corrected chi connectivity index (χ2v) is 4.15. The highest BCUT2D eigenvalue weighted by Crippen LogP contribution is 2.24. The van der Waals surface area contributed by atoms with Crippen molar-refractivity contribution in [2.75, 3.05) is 5.33 Å². The number of rotatable bonds is 2. The minimum atomic E-state index is -0.981. The molecule has 4 atom stereocenters. The van der Waals surface area contributed by atoms with E-state index < -0.39 is 29.1 Å². The summed E-state index contributed by atoms with van der Waals surface area (Å²) < 4.78 is 4.72. The summed E-state index contributed by atoms with van der Waals surface area (Å²) in [5.74, 6) is -0.535. The maximum absolute atomic E-state index is 10.9. The van der Waals surface area contributed by atoms with Gasteiger partial charge in [-0.3, -0.25) is 4.79 Å². The van der Waals surface area contributed by atoms with Gasteiger partial charge >= 0.3 is 5.97 Å². The maximum Gasteiger partial charge on any atom is 0.323 e. The molecule has 2 N–H and O–H groups in total. The number of carbonyl (C=O) groups is 1. The van der Waals surface area contributed by atoms with Gasteiger partial charge in [0.15, 0.2) is 6.10 Å². The van der Waals surface area contributed by atoms with Crippen LogP contribution in [0.2, 0.25) is 0 Å².